The Labute approximate surface area is 87.0 Å². The van der Waals surface area contributed by atoms with Crippen molar-refractivity contribution in [2.45, 2.75) is 13.8 Å². The lowest BCUT2D eigenvalue weighted by atomic mass is 10.0. The average Bonchev–Trinajstić information content (AvgIpc) is 2.25. The minimum absolute atomic E-state index is 1.19. The summed E-state index contributed by atoms with van der Waals surface area (Å²) in [5, 5.41) is 0. The van der Waals surface area contributed by atoms with Gasteiger partial charge in [-0.25, -0.2) is 0 Å². The van der Waals surface area contributed by atoms with Crippen LogP contribution < -0.4 is 0 Å². The molecule has 72 valence electrons. The molecule has 0 saturated heterocycles. The molecule has 1 aromatic carbocycles. The molecule has 14 heavy (non-hydrogen) atoms. The first-order valence-electron chi connectivity index (χ1n) is 4.47. The number of hydrogen-bond donors (Lipinski definition) is 0. The molecule has 0 aliphatic heterocycles. The summed E-state index contributed by atoms with van der Waals surface area (Å²) in [6, 6.07) is 8.46. The number of aryl methyl sites for hydroxylation is 1. The second kappa shape index (κ2) is 6.74. The Kier molecular flexibility index (Phi) is 5.90. The molecule has 0 atom stereocenters. The van der Waals surface area contributed by atoms with Gasteiger partial charge in [-0.05, 0) is 25.0 Å². The van der Waals surface area contributed by atoms with Crippen LogP contribution in [0.5, 0.6) is 0 Å². The monoisotopic (exact) mass is 184 g/mol. The third-order valence-corrected chi connectivity index (χ3v) is 1.92. The van der Waals surface area contributed by atoms with Gasteiger partial charge in [0, 0.05) is 0 Å². The SMILES string of the molecule is C#C.C=C/C(=C\C)c1ccc(C)cc1. The van der Waals surface area contributed by atoms with E-state index in [1.165, 1.54) is 16.7 Å². The van der Waals surface area contributed by atoms with Crippen LogP contribution in [0.25, 0.3) is 5.57 Å². The first-order chi connectivity index (χ1) is 6.77. The molecule has 0 bridgehead atoms. The third kappa shape index (κ3) is 3.33. The van der Waals surface area contributed by atoms with Gasteiger partial charge in [0.25, 0.3) is 0 Å². The lowest BCUT2D eigenvalue weighted by Gasteiger charge is -2.01. The first kappa shape index (κ1) is 12.3. The molecule has 0 saturated carbocycles. The standard InChI is InChI=1S/C12H14.C2H2/c1-4-11(5-2)12-8-6-10(3)7-9-12;1-2/h4-9H,1H2,2-3H3;1-2H/b11-5+;. The van der Waals surface area contributed by atoms with Crippen molar-refractivity contribution in [3.63, 3.8) is 0 Å². The predicted octanol–water partition coefficient (Wildman–Crippen LogP) is 3.83. The summed E-state index contributed by atoms with van der Waals surface area (Å²) in [6.45, 7) is 7.88. The van der Waals surface area contributed by atoms with E-state index in [4.69, 9.17) is 0 Å². The zero-order chi connectivity index (χ0) is 11.0. The highest BCUT2D eigenvalue weighted by atomic mass is 14.0. The van der Waals surface area contributed by atoms with Crippen molar-refractivity contribution in [1.82, 2.24) is 0 Å². The van der Waals surface area contributed by atoms with Crippen LogP contribution >= 0.6 is 0 Å². The number of rotatable bonds is 2. The van der Waals surface area contributed by atoms with Crippen LogP contribution in [0.15, 0.2) is 43.0 Å². The minimum Gasteiger partial charge on any atom is -0.124 e. The average molecular weight is 184 g/mol. The zero-order valence-electron chi connectivity index (χ0n) is 8.83. The fraction of sp³-hybridized carbons (Fsp3) is 0.143. The Bertz CT molecular complexity index is 323. The van der Waals surface area contributed by atoms with Crippen molar-refractivity contribution in [2.75, 3.05) is 0 Å². The van der Waals surface area contributed by atoms with E-state index >= 15 is 0 Å². The molecule has 0 radical (unpaired) electrons. The summed E-state index contributed by atoms with van der Waals surface area (Å²) < 4.78 is 0. The van der Waals surface area contributed by atoms with E-state index in [-0.39, 0.29) is 0 Å². The van der Waals surface area contributed by atoms with E-state index in [1.54, 1.807) is 0 Å². The van der Waals surface area contributed by atoms with Crippen LogP contribution in [0, 0.1) is 19.8 Å². The highest BCUT2D eigenvalue weighted by Crippen LogP contribution is 2.15. The maximum atomic E-state index is 4.00. The van der Waals surface area contributed by atoms with Crippen molar-refractivity contribution >= 4 is 5.57 Å². The van der Waals surface area contributed by atoms with Crippen LogP contribution in [0.1, 0.15) is 18.1 Å². The Morgan fingerprint density at radius 3 is 2.07 bits per heavy atom. The summed E-state index contributed by atoms with van der Waals surface area (Å²) in [6.07, 6.45) is 11.9. The Hall–Kier alpha value is -1.74. The Balaban J connectivity index is 0.000000791. The van der Waals surface area contributed by atoms with E-state index in [1.807, 2.05) is 13.0 Å². The second-order valence-electron chi connectivity index (χ2n) is 2.81. The van der Waals surface area contributed by atoms with Gasteiger partial charge in [-0.15, -0.1) is 12.8 Å². The van der Waals surface area contributed by atoms with Crippen LogP contribution in [0.2, 0.25) is 0 Å². The van der Waals surface area contributed by atoms with Crippen molar-refractivity contribution in [1.29, 1.82) is 0 Å². The Morgan fingerprint density at radius 2 is 1.71 bits per heavy atom. The maximum Gasteiger partial charge on any atom is -0.0187 e. The minimum atomic E-state index is 1.19. The van der Waals surface area contributed by atoms with Gasteiger partial charge < -0.3 is 0 Å². The number of benzene rings is 1. The van der Waals surface area contributed by atoms with E-state index < -0.39 is 0 Å². The first-order valence-corrected chi connectivity index (χ1v) is 4.47. The molecule has 0 amide bonds. The molecule has 0 spiro atoms. The number of terminal acetylenes is 1. The second-order valence-corrected chi connectivity index (χ2v) is 2.81. The lowest BCUT2D eigenvalue weighted by Crippen LogP contribution is -1.79. The van der Waals surface area contributed by atoms with E-state index in [0.29, 0.717) is 0 Å². The normalized spacial score (nSPS) is 9.86. The van der Waals surface area contributed by atoms with E-state index in [0.717, 1.165) is 0 Å². The van der Waals surface area contributed by atoms with Gasteiger partial charge in [-0.2, -0.15) is 0 Å². The highest BCUT2D eigenvalue weighted by Gasteiger charge is 1.93. The van der Waals surface area contributed by atoms with Crippen LogP contribution in [0.4, 0.5) is 0 Å². The van der Waals surface area contributed by atoms with Crippen molar-refractivity contribution in [3.05, 3.63) is 54.1 Å². The zero-order valence-corrected chi connectivity index (χ0v) is 8.83. The van der Waals surface area contributed by atoms with Crippen LogP contribution in [-0.2, 0) is 0 Å². The van der Waals surface area contributed by atoms with Gasteiger partial charge in [0.1, 0.15) is 0 Å². The molecule has 0 aliphatic carbocycles. The van der Waals surface area contributed by atoms with Gasteiger partial charge in [0.05, 0.1) is 0 Å². The Morgan fingerprint density at radius 1 is 1.21 bits per heavy atom. The largest absolute Gasteiger partial charge is 0.124 e. The van der Waals surface area contributed by atoms with Crippen molar-refractivity contribution in [2.24, 2.45) is 0 Å². The molecule has 0 nitrogen and oxygen atoms in total. The molecule has 1 rings (SSSR count). The van der Waals surface area contributed by atoms with Crippen LogP contribution in [0.3, 0.4) is 0 Å². The maximum absolute atomic E-state index is 4.00. The van der Waals surface area contributed by atoms with Crippen LogP contribution in [-0.4, -0.2) is 0 Å². The summed E-state index contributed by atoms with van der Waals surface area (Å²) in [5.41, 5.74) is 3.71. The highest BCUT2D eigenvalue weighted by molar-refractivity contribution is 5.73. The van der Waals surface area contributed by atoms with Gasteiger partial charge >= 0.3 is 0 Å². The predicted molar refractivity (Wildman–Crippen MR) is 64.9 cm³/mol. The molecule has 0 heterocycles. The smallest absolute Gasteiger partial charge is 0.0187 e. The van der Waals surface area contributed by atoms with E-state index in [2.05, 4.69) is 56.7 Å². The molecule has 0 N–H and O–H groups in total. The van der Waals surface area contributed by atoms with Crippen molar-refractivity contribution in [3.8, 4) is 12.8 Å². The van der Waals surface area contributed by atoms with Gasteiger partial charge in [-0.1, -0.05) is 48.6 Å². The summed E-state index contributed by atoms with van der Waals surface area (Å²) in [4.78, 5) is 0. The fourth-order valence-electron chi connectivity index (χ4n) is 1.15. The van der Waals surface area contributed by atoms with Gasteiger partial charge in [0.15, 0.2) is 0 Å². The molecular formula is C14H16. The summed E-state index contributed by atoms with van der Waals surface area (Å²) in [7, 11) is 0. The number of hydrogen-bond acceptors (Lipinski definition) is 0. The molecule has 0 aliphatic rings. The third-order valence-electron chi connectivity index (χ3n) is 1.92. The van der Waals surface area contributed by atoms with E-state index in [9.17, 15) is 0 Å². The molecule has 0 fully saturated rings. The summed E-state index contributed by atoms with van der Waals surface area (Å²) >= 11 is 0. The summed E-state index contributed by atoms with van der Waals surface area (Å²) in [5.74, 6) is 0. The quantitative estimate of drug-likeness (QED) is 0.484. The topological polar surface area (TPSA) is 0 Å². The molecular weight excluding hydrogens is 168 g/mol. The van der Waals surface area contributed by atoms with Gasteiger partial charge in [0.2, 0.25) is 0 Å². The van der Waals surface area contributed by atoms with Gasteiger partial charge in [-0.3, -0.25) is 0 Å². The van der Waals surface area contributed by atoms with Crippen molar-refractivity contribution < 1.29 is 0 Å². The molecule has 0 heteroatoms. The lowest BCUT2D eigenvalue weighted by molar-refractivity contribution is 1.45. The number of allylic oxidation sites excluding steroid dienone is 3. The molecule has 1 aromatic rings. The molecule has 0 unspecified atom stereocenters. The molecule has 0 aromatic heterocycles. The fourth-order valence-corrected chi connectivity index (χ4v) is 1.15.